The molecule has 1 aliphatic carbocycles. The van der Waals surface area contributed by atoms with Gasteiger partial charge in [-0.3, -0.25) is 4.79 Å². The molecule has 0 radical (unpaired) electrons. The third-order valence-electron chi connectivity index (χ3n) is 5.78. The largest absolute Gasteiger partial charge is 0.310 e. The Morgan fingerprint density at radius 3 is 2.52 bits per heavy atom. The van der Waals surface area contributed by atoms with Crippen LogP contribution in [-0.2, 0) is 17.3 Å². The van der Waals surface area contributed by atoms with Crippen LogP contribution in [0.3, 0.4) is 0 Å². The summed E-state index contributed by atoms with van der Waals surface area (Å²) in [6, 6.07) is 10.7. The lowest BCUT2D eigenvalue weighted by molar-refractivity contribution is -0.113. The third kappa shape index (κ3) is 4.84. The number of benzene rings is 1. The van der Waals surface area contributed by atoms with Crippen molar-refractivity contribution in [2.24, 2.45) is 7.05 Å². The number of hydrogen-bond donors (Lipinski definition) is 1. The number of aromatic nitrogens is 5. The Kier molecular flexibility index (Phi) is 6.18. The molecule has 0 atom stereocenters. The molecule has 0 bridgehead atoms. The van der Waals surface area contributed by atoms with Crippen LogP contribution in [0, 0.1) is 0 Å². The van der Waals surface area contributed by atoms with Gasteiger partial charge in [0.1, 0.15) is 5.82 Å². The Labute approximate surface area is 187 Å². The second kappa shape index (κ2) is 8.86. The van der Waals surface area contributed by atoms with Gasteiger partial charge in [-0.1, -0.05) is 69.6 Å². The van der Waals surface area contributed by atoms with Gasteiger partial charge >= 0.3 is 0 Å². The zero-order chi connectivity index (χ0) is 22.0. The van der Waals surface area contributed by atoms with Gasteiger partial charge in [0, 0.05) is 18.7 Å². The summed E-state index contributed by atoms with van der Waals surface area (Å²) in [7, 11) is 1.93. The molecule has 1 saturated carbocycles. The van der Waals surface area contributed by atoms with Gasteiger partial charge in [0.2, 0.25) is 5.91 Å². The molecule has 1 aliphatic rings. The van der Waals surface area contributed by atoms with E-state index in [4.69, 9.17) is 0 Å². The van der Waals surface area contributed by atoms with Crippen molar-refractivity contribution < 1.29 is 4.79 Å². The standard InChI is InChI=1S/C23H30N6OS/c1-23(2,3)17-11-9-16(10-12-17)21-26-27-22(28(21)4)31-15-20(30)25-19-13-14-24-29(19)18-7-5-6-8-18/h9-14,18H,5-8,15H2,1-4H3,(H,25,30). The van der Waals surface area contributed by atoms with Gasteiger partial charge in [-0.25, -0.2) is 4.68 Å². The number of carbonyl (C=O) groups is 1. The lowest BCUT2D eigenvalue weighted by Gasteiger charge is -2.19. The molecule has 0 unspecified atom stereocenters. The minimum absolute atomic E-state index is 0.0659. The Balaban J connectivity index is 1.38. The van der Waals surface area contributed by atoms with E-state index in [0.29, 0.717) is 11.2 Å². The molecule has 7 nitrogen and oxygen atoms in total. The van der Waals surface area contributed by atoms with Gasteiger partial charge < -0.3 is 9.88 Å². The SMILES string of the molecule is Cn1c(SCC(=O)Nc2ccnn2C2CCCC2)nnc1-c1ccc(C(C)(C)C)cc1. The second-order valence-corrected chi connectivity index (χ2v) is 10.1. The number of anilines is 1. The molecular weight excluding hydrogens is 408 g/mol. The lowest BCUT2D eigenvalue weighted by Crippen LogP contribution is -2.19. The van der Waals surface area contributed by atoms with Crippen LogP contribution in [-0.4, -0.2) is 36.2 Å². The molecule has 1 aromatic carbocycles. The van der Waals surface area contributed by atoms with Gasteiger partial charge in [-0.05, 0) is 23.8 Å². The van der Waals surface area contributed by atoms with Crippen LogP contribution in [0.2, 0.25) is 0 Å². The average Bonchev–Trinajstić information content (AvgIpc) is 3.47. The molecule has 1 N–H and O–H groups in total. The number of hydrogen-bond acceptors (Lipinski definition) is 5. The van der Waals surface area contributed by atoms with Crippen LogP contribution in [0.25, 0.3) is 11.4 Å². The van der Waals surface area contributed by atoms with Crippen molar-refractivity contribution in [2.45, 2.75) is 63.1 Å². The number of thioether (sulfide) groups is 1. The third-order valence-corrected chi connectivity index (χ3v) is 6.80. The molecule has 4 rings (SSSR count). The smallest absolute Gasteiger partial charge is 0.235 e. The number of nitrogens with zero attached hydrogens (tertiary/aromatic N) is 5. The topological polar surface area (TPSA) is 77.6 Å². The molecule has 31 heavy (non-hydrogen) atoms. The average molecular weight is 439 g/mol. The van der Waals surface area contributed by atoms with E-state index >= 15 is 0 Å². The molecule has 1 fully saturated rings. The van der Waals surface area contributed by atoms with E-state index in [9.17, 15) is 4.79 Å². The van der Waals surface area contributed by atoms with Crippen molar-refractivity contribution in [3.05, 3.63) is 42.1 Å². The Morgan fingerprint density at radius 2 is 1.84 bits per heavy atom. The zero-order valence-corrected chi connectivity index (χ0v) is 19.4. The first-order chi connectivity index (χ1) is 14.8. The van der Waals surface area contributed by atoms with Crippen molar-refractivity contribution in [3.63, 3.8) is 0 Å². The molecule has 164 valence electrons. The van der Waals surface area contributed by atoms with Crippen LogP contribution < -0.4 is 5.32 Å². The normalized spacial score (nSPS) is 14.8. The molecule has 0 spiro atoms. The van der Waals surface area contributed by atoms with Crippen molar-refractivity contribution in [3.8, 4) is 11.4 Å². The fourth-order valence-corrected chi connectivity index (χ4v) is 4.68. The Hall–Kier alpha value is -2.61. The van der Waals surface area contributed by atoms with Gasteiger partial charge in [0.15, 0.2) is 11.0 Å². The van der Waals surface area contributed by atoms with Gasteiger partial charge in [-0.2, -0.15) is 5.10 Å². The summed E-state index contributed by atoms with van der Waals surface area (Å²) in [5, 5.41) is 16.8. The fourth-order valence-electron chi connectivity index (χ4n) is 3.97. The summed E-state index contributed by atoms with van der Waals surface area (Å²) < 4.78 is 3.89. The lowest BCUT2D eigenvalue weighted by atomic mass is 9.87. The summed E-state index contributed by atoms with van der Waals surface area (Å²) in [6.45, 7) is 6.60. The molecule has 3 aromatic rings. The van der Waals surface area contributed by atoms with Crippen LogP contribution in [0.1, 0.15) is 58.1 Å². The van der Waals surface area contributed by atoms with E-state index in [2.05, 4.69) is 65.6 Å². The monoisotopic (exact) mass is 438 g/mol. The van der Waals surface area contributed by atoms with E-state index in [1.807, 2.05) is 22.4 Å². The minimum atomic E-state index is -0.0659. The Bertz CT molecular complexity index is 1040. The van der Waals surface area contributed by atoms with E-state index in [1.54, 1.807) is 6.20 Å². The molecular formula is C23H30N6OS. The highest BCUT2D eigenvalue weighted by atomic mass is 32.2. The van der Waals surface area contributed by atoms with Crippen molar-refractivity contribution >= 4 is 23.5 Å². The number of carbonyl (C=O) groups excluding carboxylic acids is 1. The molecule has 8 heteroatoms. The van der Waals surface area contributed by atoms with Crippen LogP contribution >= 0.6 is 11.8 Å². The summed E-state index contributed by atoms with van der Waals surface area (Å²) >= 11 is 1.39. The second-order valence-electron chi connectivity index (χ2n) is 9.13. The highest BCUT2D eigenvalue weighted by Crippen LogP contribution is 2.31. The highest BCUT2D eigenvalue weighted by Gasteiger charge is 2.21. The predicted octanol–water partition coefficient (Wildman–Crippen LogP) is 4.82. The minimum Gasteiger partial charge on any atom is -0.310 e. The quantitative estimate of drug-likeness (QED) is 0.558. The maximum Gasteiger partial charge on any atom is 0.235 e. The fraction of sp³-hybridized carbons (Fsp3) is 0.478. The van der Waals surface area contributed by atoms with Crippen molar-refractivity contribution in [1.82, 2.24) is 24.5 Å². The van der Waals surface area contributed by atoms with Gasteiger partial charge in [0.25, 0.3) is 0 Å². The number of rotatable bonds is 6. The van der Waals surface area contributed by atoms with Crippen LogP contribution in [0.5, 0.6) is 0 Å². The zero-order valence-electron chi connectivity index (χ0n) is 18.6. The maximum absolute atomic E-state index is 12.5. The number of nitrogens with one attached hydrogen (secondary N) is 1. The molecule has 2 heterocycles. The molecule has 2 aromatic heterocycles. The van der Waals surface area contributed by atoms with E-state index in [1.165, 1.54) is 30.2 Å². The van der Waals surface area contributed by atoms with Crippen LogP contribution in [0.15, 0.2) is 41.7 Å². The summed E-state index contributed by atoms with van der Waals surface area (Å²) in [5.41, 5.74) is 2.40. The first-order valence-corrected chi connectivity index (χ1v) is 11.8. The molecule has 1 amide bonds. The van der Waals surface area contributed by atoms with E-state index < -0.39 is 0 Å². The van der Waals surface area contributed by atoms with E-state index in [0.717, 1.165) is 30.0 Å². The summed E-state index contributed by atoms with van der Waals surface area (Å²) in [4.78, 5) is 12.5. The summed E-state index contributed by atoms with van der Waals surface area (Å²) in [6.07, 6.45) is 6.44. The van der Waals surface area contributed by atoms with Crippen molar-refractivity contribution in [1.29, 1.82) is 0 Å². The maximum atomic E-state index is 12.5. The first kappa shape index (κ1) is 21.6. The van der Waals surface area contributed by atoms with Gasteiger partial charge in [0.05, 0.1) is 18.0 Å². The highest BCUT2D eigenvalue weighted by molar-refractivity contribution is 7.99. The van der Waals surface area contributed by atoms with Crippen molar-refractivity contribution in [2.75, 3.05) is 11.1 Å². The first-order valence-electron chi connectivity index (χ1n) is 10.8. The summed E-state index contributed by atoms with van der Waals surface area (Å²) in [5.74, 6) is 1.77. The van der Waals surface area contributed by atoms with Gasteiger partial charge in [-0.15, -0.1) is 10.2 Å². The molecule has 0 aliphatic heterocycles. The van der Waals surface area contributed by atoms with Crippen LogP contribution in [0.4, 0.5) is 5.82 Å². The number of amides is 1. The predicted molar refractivity (Wildman–Crippen MR) is 124 cm³/mol. The van der Waals surface area contributed by atoms with E-state index in [-0.39, 0.29) is 17.1 Å². The molecule has 0 saturated heterocycles. The Morgan fingerprint density at radius 1 is 1.13 bits per heavy atom.